The van der Waals surface area contributed by atoms with Gasteiger partial charge in [0.1, 0.15) is 4.90 Å². The molecule has 0 saturated heterocycles. The zero-order valence-corrected chi connectivity index (χ0v) is 10.1. The van der Waals surface area contributed by atoms with Crippen LogP contribution >= 0.6 is 0 Å². The van der Waals surface area contributed by atoms with Gasteiger partial charge in [-0.15, -0.1) is 0 Å². The normalized spacial score (nSPS) is 15.6. The fraction of sp³-hybridized carbons (Fsp3) is 0. The summed E-state index contributed by atoms with van der Waals surface area (Å²) >= 11 is 0. The van der Waals surface area contributed by atoms with Crippen LogP contribution < -0.4 is 5.14 Å². The number of hydrogen-bond acceptors (Lipinski definition) is 5. The number of allylic oxidation sites excluding steroid dienone is 1. The molecule has 6 nitrogen and oxygen atoms in total. The molecule has 0 amide bonds. The van der Waals surface area contributed by atoms with Gasteiger partial charge in [0.15, 0.2) is 5.84 Å². The third-order valence-electron chi connectivity index (χ3n) is 2.12. The minimum Gasteiger partial charge on any atom is -0.263 e. The third kappa shape index (κ3) is 2.96. The summed E-state index contributed by atoms with van der Waals surface area (Å²) in [4.78, 5) is 11.6. The molecule has 2 aliphatic heterocycles. The summed E-state index contributed by atoms with van der Waals surface area (Å²) in [6.07, 6.45) is 10.1. The van der Waals surface area contributed by atoms with Gasteiger partial charge in [0, 0.05) is 30.4 Å². The van der Waals surface area contributed by atoms with E-state index in [0.29, 0.717) is 0 Å². The van der Waals surface area contributed by atoms with Crippen LogP contribution in [0.15, 0.2) is 63.3 Å². The lowest BCUT2D eigenvalue weighted by atomic mass is 10.3. The summed E-state index contributed by atoms with van der Waals surface area (Å²) in [5, 5.41) is 4.79. The number of sulfonamides is 1. The van der Waals surface area contributed by atoms with Gasteiger partial charge in [-0.2, -0.15) is 0 Å². The quantitative estimate of drug-likeness (QED) is 0.804. The molecule has 0 radical (unpaired) electrons. The molecule has 0 saturated carbocycles. The molecule has 1 aromatic heterocycles. The fourth-order valence-electron chi connectivity index (χ4n) is 1.28. The van der Waals surface area contributed by atoms with Crippen molar-refractivity contribution in [2.24, 2.45) is 15.1 Å². The first kappa shape index (κ1) is 12.3. The van der Waals surface area contributed by atoms with Gasteiger partial charge in [-0.25, -0.2) is 23.5 Å². The van der Waals surface area contributed by atoms with Gasteiger partial charge in [-0.1, -0.05) is 0 Å². The van der Waals surface area contributed by atoms with Crippen molar-refractivity contribution in [2.45, 2.75) is 4.90 Å². The van der Waals surface area contributed by atoms with Gasteiger partial charge in [0.25, 0.3) is 0 Å². The van der Waals surface area contributed by atoms with Crippen LogP contribution in [0.2, 0.25) is 0 Å². The smallest absolute Gasteiger partial charge is 0.239 e. The van der Waals surface area contributed by atoms with Crippen molar-refractivity contribution in [1.82, 2.24) is 4.98 Å². The van der Waals surface area contributed by atoms with E-state index in [1.807, 2.05) is 12.2 Å². The molecule has 0 aliphatic carbocycles. The monoisotopic (exact) mass is 262 g/mol. The Kier molecular flexibility index (Phi) is 3.45. The number of rotatable bonds is 1. The van der Waals surface area contributed by atoms with E-state index in [1.165, 1.54) is 24.5 Å². The van der Waals surface area contributed by atoms with Crippen molar-refractivity contribution >= 4 is 22.1 Å². The van der Waals surface area contributed by atoms with Crippen LogP contribution in [-0.2, 0) is 10.0 Å². The lowest BCUT2D eigenvalue weighted by molar-refractivity contribution is 0.597. The van der Waals surface area contributed by atoms with Crippen molar-refractivity contribution in [3.63, 3.8) is 0 Å². The summed E-state index contributed by atoms with van der Waals surface area (Å²) in [5.74, 6) is 0.852. The molecular formula is C11H10N4O2S. The van der Waals surface area contributed by atoms with Gasteiger partial charge in [0.05, 0.1) is 0 Å². The van der Waals surface area contributed by atoms with E-state index >= 15 is 0 Å². The Morgan fingerprint density at radius 2 is 2.11 bits per heavy atom. The van der Waals surface area contributed by atoms with E-state index in [2.05, 4.69) is 15.0 Å². The van der Waals surface area contributed by atoms with Crippen LogP contribution in [0.25, 0.3) is 0 Å². The lowest BCUT2D eigenvalue weighted by Crippen LogP contribution is -2.11. The van der Waals surface area contributed by atoms with Crippen LogP contribution in [0.4, 0.5) is 0 Å². The first-order chi connectivity index (χ1) is 8.57. The standard InChI is InChI=1S/C6H4N2.C5H6N2O2S/c1-3-7-6-5(1)2-4-8-6;6-10(8,9)5-2-1-3-7-4-5/h1-4H;1-4H,(H2,6,8,9). The number of aliphatic imine (C=N–C) groups is 2. The maximum absolute atomic E-state index is 10.6. The summed E-state index contributed by atoms with van der Waals surface area (Å²) in [5.41, 5.74) is 1.13. The summed E-state index contributed by atoms with van der Waals surface area (Å²) in [6, 6.07) is 2.90. The Morgan fingerprint density at radius 1 is 1.28 bits per heavy atom. The van der Waals surface area contributed by atoms with E-state index in [0.717, 1.165) is 11.4 Å². The van der Waals surface area contributed by atoms with Crippen LogP contribution in [0, 0.1) is 0 Å². The molecule has 0 fully saturated rings. The van der Waals surface area contributed by atoms with Crippen molar-refractivity contribution < 1.29 is 8.42 Å². The number of fused-ring (bicyclic) bond motifs is 1. The van der Waals surface area contributed by atoms with Crippen LogP contribution in [0.5, 0.6) is 0 Å². The Balaban J connectivity index is 0.000000136. The highest BCUT2D eigenvalue weighted by atomic mass is 32.2. The molecule has 0 bridgehead atoms. The zero-order valence-electron chi connectivity index (χ0n) is 9.26. The van der Waals surface area contributed by atoms with Crippen molar-refractivity contribution in [3.05, 3.63) is 48.5 Å². The van der Waals surface area contributed by atoms with Crippen LogP contribution in [0.3, 0.4) is 0 Å². The van der Waals surface area contributed by atoms with E-state index < -0.39 is 10.0 Å². The summed E-state index contributed by atoms with van der Waals surface area (Å²) in [6.45, 7) is 0. The number of nitrogens with zero attached hydrogens (tertiary/aromatic N) is 3. The number of primary sulfonamides is 1. The minimum absolute atomic E-state index is 0.0370. The highest BCUT2D eigenvalue weighted by molar-refractivity contribution is 7.89. The van der Waals surface area contributed by atoms with E-state index in [4.69, 9.17) is 5.14 Å². The Hall–Kier alpha value is -2.12. The highest BCUT2D eigenvalue weighted by Gasteiger charge is 2.08. The molecule has 18 heavy (non-hydrogen) atoms. The second-order valence-electron chi connectivity index (χ2n) is 3.40. The van der Waals surface area contributed by atoms with Gasteiger partial charge < -0.3 is 0 Å². The second-order valence-corrected chi connectivity index (χ2v) is 4.96. The molecule has 2 N–H and O–H groups in total. The molecule has 3 heterocycles. The predicted molar refractivity (Wildman–Crippen MR) is 68.8 cm³/mol. The molecule has 0 aromatic carbocycles. The summed E-state index contributed by atoms with van der Waals surface area (Å²) in [7, 11) is -3.57. The molecule has 1 aromatic rings. The first-order valence-corrected chi connectivity index (χ1v) is 6.54. The lowest BCUT2D eigenvalue weighted by Gasteiger charge is -1.92. The van der Waals surface area contributed by atoms with Crippen LogP contribution in [0.1, 0.15) is 0 Å². The molecule has 0 unspecified atom stereocenters. The van der Waals surface area contributed by atoms with Gasteiger partial charge in [0.2, 0.25) is 10.0 Å². The average molecular weight is 262 g/mol. The topological polar surface area (TPSA) is 97.8 Å². The number of pyridine rings is 1. The van der Waals surface area contributed by atoms with Crippen LogP contribution in [-0.4, -0.2) is 25.5 Å². The Bertz CT molecular complexity index is 632. The average Bonchev–Trinajstić information content (AvgIpc) is 2.92. The minimum atomic E-state index is -3.57. The second kappa shape index (κ2) is 5.03. The molecular weight excluding hydrogens is 252 g/mol. The molecule has 0 spiro atoms. The van der Waals surface area contributed by atoms with E-state index in [9.17, 15) is 8.42 Å². The predicted octanol–water partition coefficient (Wildman–Crippen LogP) is 0.652. The largest absolute Gasteiger partial charge is 0.263 e. The number of amidine groups is 1. The van der Waals surface area contributed by atoms with Gasteiger partial charge in [-0.05, 0) is 24.3 Å². The molecule has 0 atom stereocenters. The fourth-order valence-corrected chi connectivity index (χ4v) is 1.75. The molecule has 92 valence electrons. The molecule has 7 heteroatoms. The third-order valence-corrected chi connectivity index (χ3v) is 3.02. The van der Waals surface area contributed by atoms with Crippen molar-refractivity contribution in [1.29, 1.82) is 0 Å². The highest BCUT2D eigenvalue weighted by Crippen LogP contribution is 2.12. The van der Waals surface area contributed by atoms with E-state index in [1.54, 1.807) is 12.4 Å². The van der Waals surface area contributed by atoms with E-state index in [-0.39, 0.29) is 4.90 Å². The maximum atomic E-state index is 10.6. The number of hydrogen-bond donors (Lipinski definition) is 1. The maximum Gasteiger partial charge on any atom is 0.239 e. The van der Waals surface area contributed by atoms with Gasteiger partial charge >= 0.3 is 0 Å². The zero-order chi connectivity index (χ0) is 13.0. The van der Waals surface area contributed by atoms with Crippen molar-refractivity contribution in [2.75, 3.05) is 0 Å². The number of nitrogens with two attached hydrogens (primary N) is 1. The Morgan fingerprint density at radius 3 is 2.67 bits per heavy atom. The summed E-state index contributed by atoms with van der Waals surface area (Å²) < 4.78 is 21.1. The Labute approximate surface area is 104 Å². The van der Waals surface area contributed by atoms with Gasteiger partial charge in [-0.3, -0.25) is 4.98 Å². The SMILES string of the molecule is C1=CC2=CC=NC2=N1.NS(=O)(=O)c1cccnc1. The first-order valence-electron chi connectivity index (χ1n) is 4.99. The molecule has 2 aliphatic rings. The van der Waals surface area contributed by atoms with Crippen molar-refractivity contribution in [3.8, 4) is 0 Å². The molecule has 3 rings (SSSR count). The number of aromatic nitrogens is 1.